The molecule has 1 aliphatic rings. The van der Waals surface area contributed by atoms with Gasteiger partial charge in [-0.3, -0.25) is 14.5 Å². The van der Waals surface area contributed by atoms with E-state index in [1.807, 2.05) is 18.2 Å². The quantitative estimate of drug-likeness (QED) is 0.281. The molecule has 4 heterocycles. The van der Waals surface area contributed by atoms with Crippen LogP contribution in [0.1, 0.15) is 31.0 Å². The Labute approximate surface area is 191 Å². The van der Waals surface area contributed by atoms with Crippen molar-refractivity contribution in [2.45, 2.75) is 37.4 Å². The fraction of sp³-hybridized carbons (Fsp3) is 0.348. The molecule has 1 fully saturated rings. The molecule has 0 unspecified atom stereocenters. The lowest BCUT2D eigenvalue weighted by molar-refractivity contribution is 0.319. The fourth-order valence-corrected chi connectivity index (χ4v) is 4.74. The van der Waals surface area contributed by atoms with E-state index in [1.165, 1.54) is 12.8 Å². The molecule has 3 aromatic heterocycles. The van der Waals surface area contributed by atoms with E-state index >= 15 is 0 Å². The molecular formula is C23H25N7OS. The van der Waals surface area contributed by atoms with E-state index in [0.717, 1.165) is 60.5 Å². The van der Waals surface area contributed by atoms with Crippen LogP contribution in [-0.2, 0) is 13.0 Å². The van der Waals surface area contributed by atoms with E-state index in [4.69, 9.17) is 4.52 Å². The van der Waals surface area contributed by atoms with Crippen molar-refractivity contribution < 1.29 is 4.52 Å². The van der Waals surface area contributed by atoms with Gasteiger partial charge in [-0.15, -0.1) is 10.2 Å². The molecule has 0 atom stereocenters. The normalized spacial score (nSPS) is 14.2. The first kappa shape index (κ1) is 20.8. The largest absolute Gasteiger partial charge is 0.339 e. The monoisotopic (exact) mass is 447 g/mol. The average molecular weight is 448 g/mol. The second-order valence-electron chi connectivity index (χ2n) is 7.75. The molecular weight excluding hydrogens is 422 g/mol. The Morgan fingerprint density at radius 3 is 2.59 bits per heavy atom. The molecule has 1 saturated heterocycles. The number of thioether (sulfide) groups is 1. The summed E-state index contributed by atoms with van der Waals surface area (Å²) >= 11 is 1.72. The molecule has 1 aliphatic heterocycles. The van der Waals surface area contributed by atoms with Gasteiger partial charge in [-0.05, 0) is 56.6 Å². The lowest BCUT2D eigenvalue weighted by Gasteiger charge is -2.15. The van der Waals surface area contributed by atoms with Crippen LogP contribution in [0.15, 0.2) is 64.5 Å². The standard InChI is InChI=1S/C23H25N7OS/c1-2-7-19(8-3-1)30-20(17-29-14-4-5-15-29)26-27-23(30)32-16-6-9-21-25-22(28-31-21)18-10-12-24-13-11-18/h1-3,7-8,10-13H,4-6,9,14-17H2. The number of aromatic nitrogens is 6. The summed E-state index contributed by atoms with van der Waals surface area (Å²) in [5.74, 6) is 3.14. The number of rotatable bonds is 9. The maximum Gasteiger partial charge on any atom is 0.226 e. The zero-order valence-electron chi connectivity index (χ0n) is 17.8. The molecule has 0 saturated carbocycles. The lowest BCUT2D eigenvalue weighted by atomic mass is 10.2. The van der Waals surface area contributed by atoms with Gasteiger partial charge in [0.1, 0.15) is 0 Å². The van der Waals surface area contributed by atoms with Gasteiger partial charge in [0.2, 0.25) is 11.7 Å². The van der Waals surface area contributed by atoms with Crippen molar-refractivity contribution >= 4 is 11.8 Å². The molecule has 0 amide bonds. The van der Waals surface area contributed by atoms with E-state index in [9.17, 15) is 0 Å². The summed E-state index contributed by atoms with van der Waals surface area (Å²) < 4.78 is 7.61. The summed E-state index contributed by atoms with van der Waals surface area (Å²) in [4.78, 5) is 11.0. The number of pyridine rings is 1. The van der Waals surface area contributed by atoms with Crippen LogP contribution < -0.4 is 0 Å². The minimum Gasteiger partial charge on any atom is -0.339 e. The topological polar surface area (TPSA) is 85.8 Å². The molecule has 32 heavy (non-hydrogen) atoms. The minimum absolute atomic E-state index is 0.602. The average Bonchev–Trinajstić information content (AvgIpc) is 3.60. The number of benzene rings is 1. The van der Waals surface area contributed by atoms with Crippen LogP contribution in [-0.4, -0.2) is 53.6 Å². The Bertz CT molecular complexity index is 1120. The third-order valence-electron chi connectivity index (χ3n) is 5.45. The van der Waals surface area contributed by atoms with Gasteiger partial charge < -0.3 is 4.52 Å². The van der Waals surface area contributed by atoms with Crippen molar-refractivity contribution in [2.24, 2.45) is 0 Å². The van der Waals surface area contributed by atoms with Gasteiger partial charge in [0.05, 0.1) is 6.54 Å². The SMILES string of the molecule is c1ccc(-n2c(CN3CCCC3)nnc2SCCCc2nc(-c3ccncc3)no2)cc1. The van der Waals surface area contributed by atoms with Gasteiger partial charge >= 0.3 is 0 Å². The predicted molar refractivity (Wildman–Crippen MR) is 122 cm³/mol. The molecule has 5 rings (SSSR count). The molecule has 0 spiro atoms. The van der Waals surface area contributed by atoms with Crippen molar-refractivity contribution in [1.29, 1.82) is 0 Å². The number of likely N-dealkylation sites (tertiary alicyclic amines) is 1. The molecule has 8 nitrogen and oxygen atoms in total. The summed E-state index contributed by atoms with van der Waals surface area (Å²) in [5, 5.41) is 14.1. The first-order valence-corrected chi connectivity index (χ1v) is 11.9. The van der Waals surface area contributed by atoms with Crippen LogP contribution in [0.4, 0.5) is 0 Å². The van der Waals surface area contributed by atoms with Crippen LogP contribution >= 0.6 is 11.8 Å². The molecule has 0 aliphatic carbocycles. The van der Waals surface area contributed by atoms with Crippen LogP contribution in [0.5, 0.6) is 0 Å². The number of aryl methyl sites for hydroxylation is 1. The third-order valence-corrected chi connectivity index (χ3v) is 6.47. The highest BCUT2D eigenvalue weighted by Gasteiger charge is 2.19. The van der Waals surface area contributed by atoms with Gasteiger partial charge in [0, 0.05) is 35.8 Å². The number of hydrogen-bond acceptors (Lipinski definition) is 8. The molecule has 0 radical (unpaired) electrons. The first-order valence-electron chi connectivity index (χ1n) is 10.9. The van der Waals surface area contributed by atoms with E-state index in [1.54, 1.807) is 24.2 Å². The minimum atomic E-state index is 0.602. The second kappa shape index (κ2) is 10.1. The van der Waals surface area contributed by atoms with Crippen molar-refractivity contribution in [1.82, 2.24) is 34.8 Å². The van der Waals surface area contributed by atoms with Gasteiger partial charge in [-0.1, -0.05) is 35.1 Å². The molecule has 0 bridgehead atoms. The van der Waals surface area contributed by atoms with E-state index in [0.29, 0.717) is 11.7 Å². The van der Waals surface area contributed by atoms with Crippen LogP contribution in [0.3, 0.4) is 0 Å². The fourth-order valence-electron chi connectivity index (χ4n) is 3.83. The van der Waals surface area contributed by atoms with Crippen LogP contribution in [0.25, 0.3) is 17.1 Å². The Kier molecular flexibility index (Phi) is 6.55. The summed E-state index contributed by atoms with van der Waals surface area (Å²) in [7, 11) is 0. The first-order chi connectivity index (χ1) is 15.9. The smallest absolute Gasteiger partial charge is 0.226 e. The Morgan fingerprint density at radius 1 is 0.969 bits per heavy atom. The van der Waals surface area contributed by atoms with Gasteiger partial charge in [-0.2, -0.15) is 4.98 Å². The maximum absolute atomic E-state index is 5.41. The number of para-hydroxylation sites is 1. The Morgan fingerprint density at radius 2 is 1.78 bits per heavy atom. The van der Waals surface area contributed by atoms with Gasteiger partial charge in [0.15, 0.2) is 11.0 Å². The lowest BCUT2D eigenvalue weighted by Crippen LogP contribution is -2.21. The van der Waals surface area contributed by atoms with Crippen LogP contribution in [0, 0.1) is 0 Å². The highest BCUT2D eigenvalue weighted by molar-refractivity contribution is 7.99. The number of nitrogens with zero attached hydrogens (tertiary/aromatic N) is 7. The highest BCUT2D eigenvalue weighted by Crippen LogP contribution is 2.25. The van der Waals surface area contributed by atoms with Crippen molar-refractivity contribution in [3.05, 3.63) is 66.6 Å². The number of hydrogen-bond donors (Lipinski definition) is 0. The third kappa shape index (κ3) is 4.89. The Balaban J connectivity index is 1.22. The van der Waals surface area contributed by atoms with Crippen molar-refractivity contribution in [3.63, 3.8) is 0 Å². The molecule has 0 N–H and O–H groups in total. The highest BCUT2D eigenvalue weighted by atomic mass is 32.2. The molecule has 164 valence electrons. The van der Waals surface area contributed by atoms with Crippen molar-refractivity contribution in [3.8, 4) is 17.1 Å². The molecule has 1 aromatic carbocycles. The summed E-state index contributed by atoms with van der Waals surface area (Å²) in [6, 6.07) is 14.1. The van der Waals surface area contributed by atoms with Crippen molar-refractivity contribution in [2.75, 3.05) is 18.8 Å². The van der Waals surface area contributed by atoms with Gasteiger partial charge in [-0.25, -0.2) is 0 Å². The molecule has 4 aromatic rings. The van der Waals surface area contributed by atoms with Gasteiger partial charge in [0.25, 0.3) is 0 Å². The zero-order valence-corrected chi connectivity index (χ0v) is 18.6. The summed E-state index contributed by atoms with van der Waals surface area (Å²) in [6.07, 6.45) is 7.61. The van der Waals surface area contributed by atoms with E-state index in [-0.39, 0.29) is 0 Å². The molecule has 9 heteroatoms. The van der Waals surface area contributed by atoms with E-state index in [2.05, 4.69) is 59.1 Å². The second-order valence-corrected chi connectivity index (χ2v) is 8.81. The summed E-state index contributed by atoms with van der Waals surface area (Å²) in [5.41, 5.74) is 2.01. The summed E-state index contributed by atoms with van der Waals surface area (Å²) in [6.45, 7) is 3.10. The Hall–Kier alpha value is -3.04. The predicted octanol–water partition coefficient (Wildman–Crippen LogP) is 4.03. The van der Waals surface area contributed by atoms with Crippen LogP contribution in [0.2, 0.25) is 0 Å². The zero-order chi connectivity index (χ0) is 21.6. The van der Waals surface area contributed by atoms with E-state index < -0.39 is 0 Å². The maximum atomic E-state index is 5.41.